The van der Waals surface area contributed by atoms with Crippen LogP contribution in [0.1, 0.15) is 30.6 Å². The van der Waals surface area contributed by atoms with E-state index in [1.807, 2.05) is 0 Å². The third-order valence-electron chi connectivity index (χ3n) is 2.84. The highest BCUT2D eigenvalue weighted by Gasteiger charge is 2.18. The van der Waals surface area contributed by atoms with Gasteiger partial charge in [-0.05, 0) is 47.7 Å². The first kappa shape index (κ1) is 11.9. The predicted octanol–water partition coefficient (Wildman–Crippen LogP) is 4.15. The Morgan fingerprint density at radius 2 is 2.13 bits per heavy atom. The van der Waals surface area contributed by atoms with Crippen LogP contribution in [0.4, 0.5) is 0 Å². The number of alkyl halides is 1. The van der Waals surface area contributed by atoms with E-state index in [0.29, 0.717) is 11.4 Å². The Labute approximate surface area is 108 Å². The number of hydrogen-bond acceptors (Lipinski definition) is 2. The molecule has 1 aliphatic carbocycles. The minimum atomic E-state index is 0.416. The lowest BCUT2D eigenvalue weighted by molar-refractivity contribution is 0.377. The highest BCUT2D eigenvalue weighted by atomic mass is 79.9. The van der Waals surface area contributed by atoms with Gasteiger partial charge >= 0.3 is 0 Å². The summed E-state index contributed by atoms with van der Waals surface area (Å²) in [5.74, 6) is 0. The van der Waals surface area contributed by atoms with Crippen LogP contribution in [-0.4, -0.2) is 11.4 Å². The van der Waals surface area contributed by atoms with Crippen LogP contribution in [-0.2, 0) is 6.54 Å². The summed E-state index contributed by atoms with van der Waals surface area (Å²) in [4.78, 5) is 1.40. The Morgan fingerprint density at radius 1 is 1.40 bits per heavy atom. The molecule has 4 heteroatoms. The van der Waals surface area contributed by atoms with Crippen LogP contribution in [0.3, 0.4) is 0 Å². The number of halogens is 2. The molecular formula is C11H15BrClNS. The molecule has 1 saturated carbocycles. The highest BCUT2D eigenvalue weighted by molar-refractivity contribution is 9.10. The smallest absolute Gasteiger partial charge is 0.0337 e. The fourth-order valence-corrected chi connectivity index (χ4v) is 3.60. The van der Waals surface area contributed by atoms with Gasteiger partial charge in [-0.15, -0.1) is 22.9 Å². The lowest BCUT2D eigenvalue weighted by Gasteiger charge is -2.25. The topological polar surface area (TPSA) is 12.0 Å². The van der Waals surface area contributed by atoms with E-state index in [1.54, 1.807) is 11.3 Å². The molecule has 1 aromatic rings. The average molecular weight is 309 g/mol. The molecule has 84 valence electrons. The number of rotatable bonds is 3. The highest BCUT2D eigenvalue weighted by Crippen LogP contribution is 2.24. The van der Waals surface area contributed by atoms with Crippen molar-refractivity contribution in [3.63, 3.8) is 0 Å². The summed E-state index contributed by atoms with van der Waals surface area (Å²) in [6.07, 6.45) is 4.77. The molecule has 0 spiro atoms. The molecule has 0 amide bonds. The van der Waals surface area contributed by atoms with Crippen LogP contribution in [0.5, 0.6) is 0 Å². The fraction of sp³-hybridized carbons (Fsp3) is 0.636. The maximum Gasteiger partial charge on any atom is 0.0337 e. The molecule has 1 heterocycles. The van der Waals surface area contributed by atoms with Crippen LogP contribution in [0.25, 0.3) is 0 Å². The molecule has 0 radical (unpaired) electrons. The van der Waals surface area contributed by atoms with E-state index in [1.165, 1.54) is 22.2 Å². The summed E-state index contributed by atoms with van der Waals surface area (Å²) in [5.41, 5.74) is 0. The van der Waals surface area contributed by atoms with E-state index >= 15 is 0 Å². The van der Waals surface area contributed by atoms with Gasteiger partial charge in [-0.25, -0.2) is 0 Å². The third kappa shape index (κ3) is 3.74. The largest absolute Gasteiger partial charge is 0.309 e. The SMILES string of the molecule is ClC1CCC(NCc2cc(Br)cs2)CC1. The van der Waals surface area contributed by atoms with Gasteiger partial charge in [-0.3, -0.25) is 0 Å². The van der Waals surface area contributed by atoms with Gasteiger partial charge in [0, 0.05) is 32.7 Å². The summed E-state index contributed by atoms with van der Waals surface area (Å²) < 4.78 is 1.19. The first-order valence-corrected chi connectivity index (χ1v) is 7.45. The molecule has 0 saturated heterocycles. The number of hydrogen-bond donors (Lipinski definition) is 1. The zero-order valence-corrected chi connectivity index (χ0v) is 11.7. The minimum absolute atomic E-state index is 0.416. The van der Waals surface area contributed by atoms with E-state index in [-0.39, 0.29) is 0 Å². The number of nitrogens with one attached hydrogen (secondary N) is 1. The van der Waals surface area contributed by atoms with Gasteiger partial charge in [-0.2, -0.15) is 0 Å². The average Bonchev–Trinajstić information content (AvgIpc) is 2.64. The Kier molecular flexibility index (Phi) is 4.50. The standard InChI is InChI=1S/C11H15BrClNS/c12-8-5-11(15-7-8)6-14-10-3-1-9(13)2-4-10/h5,7,9-10,14H,1-4,6H2. The van der Waals surface area contributed by atoms with E-state index in [2.05, 4.69) is 32.7 Å². The van der Waals surface area contributed by atoms with Crippen LogP contribution >= 0.6 is 38.9 Å². The molecule has 0 aromatic carbocycles. The molecule has 1 N–H and O–H groups in total. The normalized spacial score (nSPS) is 26.8. The molecule has 1 fully saturated rings. The second-order valence-corrected chi connectivity index (χ2v) is 6.59. The van der Waals surface area contributed by atoms with Gasteiger partial charge in [0.25, 0.3) is 0 Å². The molecule has 15 heavy (non-hydrogen) atoms. The molecule has 1 aromatic heterocycles. The van der Waals surface area contributed by atoms with Crippen molar-refractivity contribution in [1.29, 1.82) is 0 Å². The molecule has 0 atom stereocenters. The molecule has 1 aliphatic rings. The Morgan fingerprint density at radius 3 is 2.73 bits per heavy atom. The maximum atomic E-state index is 6.07. The monoisotopic (exact) mass is 307 g/mol. The molecule has 0 bridgehead atoms. The van der Waals surface area contributed by atoms with Crippen molar-refractivity contribution in [2.24, 2.45) is 0 Å². The van der Waals surface area contributed by atoms with Crippen LogP contribution in [0.15, 0.2) is 15.9 Å². The molecule has 2 rings (SSSR count). The van der Waals surface area contributed by atoms with Gasteiger partial charge in [0.2, 0.25) is 0 Å². The lowest BCUT2D eigenvalue weighted by Crippen LogP contribution is -2.32. The Bertz CT molecular complexity index is 307. The molecule has 1 nitrogen and oxygen atoms in total. The van der Waals surface area contributed by atoms with Crippen molar-refractivity contribution in [1.82, 2.24) is 5.32 Å². The summed E-state index contributed by atoms with van der Waals surface area (Å²) in [5, 5.41) is 6.15. The zero-order chi connectivity index (χ0) is 10.7. The predicted molar refractivity (Wildman–Crippen MR) is 70.8 cm³/mol. The van der Waals surface area contributed by atoms with Crippen molar-refractivity contribution in [3.8, 4) is 0 Å². The molecule has 0 aliphatic heterocycles. The van der Waals surface area contributed by atoms with Crippen molar-refractivity contribution in [2.75, 3.05) is 0 Å². The first-order chi connectivity index (χ1) is 7.24. The fourth-order valence-electron chi connectivity index (χ4n) is 1.95. The quantitative estimate of drug-likeness (QED) is 0.827. The molecular weight excluding hydrogens is 294 g/mol. The van der Waals surface area contributed by atoms with Gasteiger partial charge in [0.05, 0.1) is 0 Å². The van der Waals surface area contributed by atoms with Gasteiger partial charge in [0.1, 0.15) is 0 Å². The van der Waals surface area contributed by atoms with Crippen LogP contribution in [0, 0.1) is 0 Å². The first-order valence-electron chi connectivity index (χ1n) is 5.34. The van der Waals surface area contributed by atoms with Gasteiger partial charge < -0.3 is 5.32 Å². The van der Waals surface area contributed by atoms with Crippen molar-refractivity contribution in [3.05, 3.63) is 20.8 Å². The van der Waals surface area contributed by atoms with E-state index in [0.717, 1.165) is 19.4 Å². The van der Waals surface area contributed by atoms with Crippen molar-refractivity contribution in [2.45, 2.75) is 43.6 Å². The van der Waals surface area contributed by atoms with Gasteiger partial charge in [-0.1, -0.05) is 0 Å². The maximum absolute atomic E-state index is 6.07. The number of thiophene rings is 1. The van der Waals surface area contributed by atoms with E-state index < -0.39 is 0 Å². The van der Waals surface area contributed by atoms with Crippen LogP contribution in [0.2, 0.25) is 0 Å². The molecule has 0 unspecified atom stereocenters. The van der Waals surface area contributed by atoms with E-state index in [4.69, 9.17) is 11.6 Å². The zero-order valence-electron chi connectivity index (χ0n) is 8.51. The third-order valence-corrected chi connectivity index (χ3v) is 4.98. The summed E-state index contributed by atoms with van der Waals surface area (Å²) in [7, 11) is 0. The minimum Gasteiger partial charge on any atom is -0.309 e. The Hall–Kier alpha value is 0.430. The Balaban J connectivity index is 1.74. The van der Waals surface area contributed by atoms with Crippen molar-refractivity contribution >= 4 is 38.9 Å². The van der Waals surface area contributed by atoms with E-state index in [9.17, 15) is 0 Å². The summed E-state index contributed by atoms with van der Waals surface area (Å²) in [6.45, 7) is 0.994. The summed E-state index contributed by atoms with van der Waals surface area (Å²) >= 11 is 11.3. The van der Waals surface area contributed by atoms with Gasteiger partial charge in [0.15, 0.2) is 0 Å². The second kappa shape index (κ2) is 5.67. The van der Waals surface area contributed by atoms with Crippen LogP contribution < -0.4 is 5.32 Å². The lowest BCUT2D eigenvalue weighted by atomic mass is 9.95. The summed E-state index contributed by atoms with van der Waals surface area (Å²) in [6, 6.07) is 2.85. The second-order valence-electron chi connectivity index (χ2n) is 4.06. The van der Waals surface area contributed by atoms with Crippen molar-refractivity contribution < 1.29 is 0 Å².